The molecule has 0 N–H and O–H groups in total. The van der Waals surface area contributed by atoms with Crippen molar-refractivity contribution < 1.29 is 21.8 Å². The Hall–Kier alpha value is 0.817. The minimum Gasteiger partial charge on any atom is -0.147 e. The summed E-state index contributed by atoms with van der Waals surface area (Å²) in [5.74, 6) is 0. The predicted octanol–water partition coefficient (Wildman–Crippen LogP) is 5.46. The van der Waals surface area contributed by atoms with Gasteiger partial charge in [-0.05, 0) is 0 Å². The largest absolute Gasteiger partial charge is 0.147 e. The molecule has 0 saturated heterocycles. The smallest absolute Gasteiger partial charge is 0.147 e. The van der Waals surface area contributed by atoms with E-state index in [2.05, 4.69) is 67.6 Å². The van der Waals surface area contributed by atoms with Gasteiger partial charge in [-0.25, -0.2) is 0 Å². The van der Waals surface area contributed by atoms with Crippen LogP contribution in [0, 0.1) is 0 Å². The van der Waals surface area contributed by atoms with Gasteiger partial charge >= 0.3 is 134 Å². The number of rotatable bonds is 7. The van der Waals surface area contributed by atoms with E-state index in [-0.39, 0.29) is 24.8 Å². The van der Waals surface area contributed by atoms with Gasteiger partial charge in [0.1, 0.15) is 0 Å². The van der Waals surface area contributed by atoms with Crippen LogP contribution >= 0.6 is 24.8 Å². The molecule has 2 rings (SSSR count). The van der Waals surface area contributed by atoms with Crippen molar-refractivity contribution in [3.8, 4) is 0 Å². The average molecular weight is 471 g/mol. The fourth-order valence-electron chi connectivity index (χ4n) is 3.43. The molecule has 0 aliphatic heterocycles. The molecule has 0 saturated carbocycles. The van der Waals surface area contributed by atoms with E-state index in [1.807, 2.05) is 0 Å². The number of hydrogen-bond acceptors (Lipinski definition) is 1. The minimum absolute atomic E-state index is 0. The van der Waals surface area contributed by atoms with Gasteiger partial charge in [0.2, 0.25) is 0 Å². The molecule has 0 amide bonds. The summed E-state index contributed by atoms with van der Waals surface area (Å²) in [6, 6.07) is 0. The SMILES string of the molecule is C[Si](C)(C)OCC[CH2][Zr]([CH3])(=[SiH2])([C]1=CC=CC1)[C]1=CC=CC1.Cl.Cl. The molecule has 0 unspecified atom stereocenters. The third-order valence-corrected chi connectivity index (χ3v) is 28.7. The van der Waals surface area contributed by atoms with Crippen molar-refractivity contribution in [3.05, 3.63) is 43.0 Å². The molecule has 2 aliphatic rings. The van der Waals surface area contributed by atoms with E-state index in [1.165, 1.54) is 23.4 Å². The first-order valence-corrected chi connectivity index (χ1v) is 24.1. The number of allylic oxidation sites excluding steroid dienone is 8. The topological polar surface area (TPSA) is 9.23 Å². The Morgan fingerprint density at radius 2 is 1.52 bits per heavy atom. The van der Waals surface area contributed by atoms with E-state index in [1.54, 1.807) is 6.56 Å². The van der Waals surface area contributed by atoms with Crippen LogP contribution in [0.15, 0.2) is 43.0 Å². The van der Waals surface area contributed by atoms with Crippen molar-refractivity contribution in [1.29, 1.82) is 0 Å². The van der Waals surface area contributed by atoms with Crippen LogP contribution in [0.4, 0.5) is 0 Å². The fourth-order valence-corrected chi connectivity index (χ4v) is 20.4. The second kappa shape index (κ2) is 8.96. The summed E-state index contributed by atoms with van der Waals surface area (Å²) in [5.41, 5.74) is 0. The van der Waals surface area contributed by atoms with E-state index in [0.717, 1.165) is 6.61 Å². The maximum absolute atomic E-state index is 6.10. The van der Waals surface area contributed by atoms with Crippen molar-refractivity contribution in [3.63, 3.8) is 0 Å². The Morgan fingerprint density at radius 1 is 1.04 bits per heavy atom. The van der Waals surface area contributed by atoms with Gasteiger partial charge in [0.25, 0.3) is 0 Å². The van der Waals surface area contributed by atoms with Gasteiger partial charge in [0, 0.05) is 0 Å². The van der Waals surface area contributed by atoms with Gasteiger partial charge in [-0.15, -0.1) is 24.8 Å². The molecule has 0 heterocycles. The second-order valence-electron chi connectivity index (χ2n) is 8.00. The third kappa shape index (κ3) is 5.93. The summed E-state index contributed by atoms with van der Waals surface area (Å²) in [4.78, 5) is 0. The summed E-state index contributed by atoms with van der Waals surface area (Å²) in [5, 5.41) is 0. The van der Waals surface area contributed by atoms with E-state index in [9.17, 15) is 0 Å². The van der Waals surface area contributed by atoms with Crippen molar-refractivity contribution in [1.82, 2.24) is 0 Å². The fraction of sp³-hybridized carbons (Fsp3) is 0.529. The zero-order valence-corrected chi connectivity index (χ0v) is 21.4. The summed E-state index contributed by atoms with van der Waals surface area (Å²) in [6.07, 6.45) is 17.7. The molecule has 0 fully saturated rings. The van der Waals surface area contributed by atoms with Crippen LogP contribution in [0.5, 0.6) is 0 Å². The van der Waals surface area contributed by atoms with E-state index >= 15 is 0 Å². The van der Waals surface area contributed by atoms with Gasteiger partial charge in [-0.3, -0.25) is 0 Å². The zero-order chi connectivity index (χ0) is 15.6. The predicted molar refractivity (Wildman–Crippen MR) is 111 cm³/mol. The molecule has 0 bridgehead atoms. The van der Waals surface area contributed by atoms with Crippen molar-refractivity contribution in [2.75, 3.05) is 6.61 Å². The maximum atomic E-state index is 6.10. The van der Waals surface area contributed by atoms with Crippen molar-refractivity contribution in [2.45, 2.75) is 47.7 Å². The molecule has 1 nitrogen and oxygen atoms in total. The molecular formula is C17H32Cl2OSi2Zr. The molecule has 0 aromatic heterocycles. The average Bonchev–Trinajstić information content (AvgIpc) is 3.05. The van der Waals surface area contributed by atoms with Crippen LogP contribution in [0.25, 0.3) is 0 Å². The first kappa shape index (κ1) is 23.8. The summed E-state index contributed by atoms with van der Waals surface area (Å²) in [6.45, 7) is 10.2. The Balaban J connectivity index is 0.00000242. The number of halogens is 2. The molecule has 0 atom stereocenters. The number of hydrogen-bond donors (Lipinski definition) is 0. The van der Waals surface area contributed by atoms with E-state index in [0.29, 0.717) is 0 Å². The van der Waals surface area contributed by atoms with Crippen LogP contribution < -0.4 is 0 Å². The van der Waals surface area contributed by atoms with Gasteiger partial charge in [-0.2, -0.15) is 0 Å². The summed E-state index contributed by atoms with van der Waals surface area (Å²) in [7, 11) is -1.37. The van der Waals surface area contributed by atoms with E-state index in [4.69, 9.17) is 4.43 Å². The molecule has 0 aromatic carbocycles. The van der Waals surface area contributed by atoms with Gasteiger partial charge in [0.15, 0.2) is 0 Å². The summed E-state index contributed by atoms with van der Waals surface area (Å²) < 4.78 is 13.7. The van der Waals surface area contributed by atoms with E-state index < -0.39 is 25.7 Å². The second-order valence-corrected chi connectivity index (χ2v) is 39.5. The van der Waals surface area contributed by atoms with Crippen LogP contribution in [-0.2, 0) is 21.8 Å². The molecule has 0 radical (unpaired) electrons. The zero-order valence-electron chi connectivity index (χ0n) is 14.9. The van der Waals surface area contributed by atoms with Gasteiger partial charge in [0.05, 0.1) is 0 Å². The Labute approximate surface area is 158 Å². The molecular weight excluding hydrogens is 438 g/mol. The van der Waals surface area contributed by atoms with Crippen LogP contribution in [0.3, 0.4) is 0 Å². The normalized spacial score (nSPS) is 17.4. The molecule has 0 spiro atoms. The molecule has 132 valence electrons. The standard InChI is InChI=1S/C6H15OSi.2C5H5.CH3.2ClH.H2Si.Zr/c1-5-6-7-8(2,3)4;2*1-2-4-5-3-1;;;;;/h1,5-6H2,2-4H3;2*1-3H,4H2;1H3;2*1H;1H2;. The Bertz CT molecular complexity index is 564. The summed E-state index contributed by atoms with van der Waals surface area (Å²) >= 11 is -2.94. The Morgan fingerprint density at radius 3 is 1.87 bits per heavy atom. The molecule has 23 heavy (non-hydrogen) atoms. The van der Waals surface area contributed by atoms with Crippen molar-refractivity contribution >= 4 is 40.0 Å². The third-order valence-electron chi connectivity index (χ3n) is 4.95. The minimum atomic E-state index is -2.94. The molecule has 6 heteroatoms. The molecule has 0 aromatic rings. The quantitative estimate of drug-likeness (QED) is 0.354. The van der Waals surface area contributed by atoms with Crippen molar-refractivity contribution in [2.24, 2.45) is 0 Å². The van der Waals surface area contributed by atoms with Crippen LogP contribution in [0.1, 0.15) is 19.3 Å². The van der Waals surface area contributed by atoms with Crippen LogP contribution in [0.2, 0.25) is 28.4 Å². The first-order chi connectivity index (χ1) is 9.71. The monoisotopic (exact) mass is 468 g/mol. The van der Waals surface area contributed by atoms with Gasteiger partial charge in [-0.1, -0.05) is 0 Å². The van der Waals surface area contributed by atoms with Gasteiger partial charge < -0.3 is 0 Å². The Kier molecular flexibility index (Phi) is 9.28. The first-order valence-electron chi connectivity index (χ1n) is 8.13. The molecule has 2 aliphatic carbocycles. The maximum Gasteiger partial charge on any atom is -0.147 e. The van der Waals surface area contributed by atoms with Crippen LogP contribution in [-0.4, -0.2) is 21.8 Å².